The standard InChI is InChI=1S/C12H14O6/c1-16-8-3-4-10(9(7-8)12(14)15)18-6-5-11(13)17-2/h3-4,7H,5-6H2,1-2H3,(H,14,15). The van der Waals surface area contributed by atoms with Crippen LogP contribution < -0.4 is 9.47 Å². The van der Waals surface area contributed by atoms with Crippen molar-refractivity contribution in [2.24, 2.45) is 0 Å². The summed E-state index contributed by atoms with van der Waals surface area (Å²) in [6.07, 6.45) is 0.0571. The second kappa shape index (κ2) is 6.48. The second-order valence-corrected chi connectivity index (χ2v) is 3.34. The zero-order chi connectivity index (χ0) is 13.5. The average molecular weight is 254 g/mol. The van der Waals surface area contributed by atoms with Crippen LogP contribution in [0.4, 0.5) is 0 Å². The van der Waals surface area contributed by atoms with Gasteiger partial charge in [0.15, 0.2) is 0 Å². The lowest BCUT2D eigenvalue weighted by Gasteiger charge is -2.09. The normalized spacial score (nSPS) is 9.67. The number of methoxy groups -OCH3 is 2. The van der Waals surface area contributed by atoms with Gasteiger partial charge in [-0.1, -0.05) is 0 Å². The molecule has 1 aromatic rings. The molecule has 0 saturated heterocycles. The van der Waals surface area contributed by atoms with Crippen molar-refractivity contribution in [3.63, 3.8) is 0 Å². The van der Waals surface area contributed by atoms with Crippen LogP contribution in [0.25, 0.3) is 0 Å². The van der Waals surface area contributed by atoms with Gasteiger partial charge in [0.1, 0.15) is 17.1 Å². The lowest BCUT2D eigenvalue weighted by Crippen LogP contribution is -2.09. The lowest BCUT2D eigenvalue weighted by atomic mass is 10.2. The van der Waals surface area contributed by atoms with Crippen LogP contribution in [0.1, 0.15) is 16.8 Å². The molecule has 0 aromatic heterocycles. The van der Waals surface area contributed by atoms with E-state index in [1.807, 2.05) is 0 Å². The van der Waals surface area contributed by atoms with Crippen molar-refractivity contribution in [1.29, 1.82) is 0 Å². The summed E-state index contributed by atoms with van der Waals surface area (Å²) in [7, 11) is 2.72. The Labute approximate surface area is 104 Å². The van der Waals surface area contributed by atoms with Gasteiger partial charge in [-0.15, -0.1) is 0 Å². The summed E-state index contributed by atoms with van der Waals surface area (Å²) in [5.74, 6) is -0.928. The van der Waals surface area contributed by atoms with Crippen molar-refractivity contribution in [3.05, 3.63) is 23.8 Å². The van der Waals surface area contributed by atoms with Crippen molar-refractivity contribution in [2.75, 3.05) is 20.8 Å². The molecule has 0 aliphatic rings. The van der Waals surface area contributed by atoms with Crippen LogP contribution in [0.15, 0.2) is 18.2 Å². The monoisotopic (exact) mass is 254 g/mol. The van der Waals surface area contributed by atoms with Crippen LogP contribution in [0.5, 0.6) is 11.5 Å². The van der Waals surface area contributed by atoms with Gasteiger partial charge < -0.3 is 19.3 Å². The molecule has 6 heteroatoms. The first kappa shape index (κ1) is 13.8. The number of carbonyl (C=O) groups is 2. The molecule has 1 N–H and O–H groups in total. The number of aromatic carboxylic acids is 1. The minimum Gasteiger partial charge on any atom is -0.497 e. The van der Waals surface area contributed by atoms with E-state index in [1.54, 1.807) is 6.07 Å². The Morgan fingerprint density at radius 2 is 2.00 bits per heavy atom. The lowest BCUT2D eigenvalue weighted by molar-refractivity contribution is -0.141. The molecule has 98 valence electrons. The number of benzene rings is 1. The molecule has 1 aromatic carbocycles. The summed E-state index contributed by atoms with van der Waals surface area (Å²) in [6.45, 7) is 0.0548. The fourth-order valence-electron chi connectivity index (χ4n) is 1.28. The average Bonchev–Trinajstić information content (AvgIpc) is 2.38. The SMILES string of the molecule is COC(=O)CCOc1ccc(OC)cc1C(=O)O. The zero-order valence-electron chi connectivity index (χ0n) is 10.1. The van der Waals surface area contributed by atoms with Crippen LogP contribution in [0, 0.1) is 0 Å². The number of rotatable bonds is 6. The summed E-state index contributed by atoms with van der Waals surface area (Å²) in [5, 5.41) is 9.01. The van der Waals surface area contributed by atoms with Gasteiger partial charge in [-0.25, -0.2) is 4.79 Å². The highest BCUT2D eigenvalue weighted by Gasteiger charge is 2.13. The van der Waals surface area contributed by atoms with Crippen molar-refractivity contribution in [2.45, 2.75) is 6.42 Å². The fourth-order valence-corrected chi connectivity index (χ4v) is 1.28. The number of ether oxygens (including phenoxy) is 3. The highest BCUT2D eigenvalue weighted by Crippen LogP contribution is 2.24. The van der Waals surface area contributed by atoms with Crippen LogP contribution in [-0.2, 0) is 9.53 Å². The predicted molar refractivity (Wildman–Crippen MR) is 62.1 cm³/mol. The summed E-state index contributed by atoms with van der Waals surface area (Å²) < 4.78 is 14.6. The van der Waals surface area contributed by atoms with E-state index in [1.165, 1.54) is 26.4 Å². The Balaban J connectivity index is 2.75. The van der Waals surface area contributed by atoms with Gasteiger partial charge in [-0.05, 0) is 18.2 Å². The van der Waals surface area contributed by atoms with Gasteiger partial charge in [0.05, 0.1) is 27.2 Å². The zero-order valence-corrected chi connectivity index (χ0v) is 10.1. The number of esters is 1. The number of hydrogen-bond acceptors (Lipinski definition) is 5. The maximum Gasteiger partial charge on any atom is 0.339 e. The summed E-state index contributed by atoms with van der Waals surface area (Å²) in [4.78, 5) is 21.9. The Hall–Kier alpha value is -2.24. The molecule has 0 bridgehead atoms. The van der Waals surface area contributed by atoms with Crippen LogP contribution >= 0.6 is 0 Å². The fraction of sp³-hybridized carbons (Fsp3) is 0.333. The van der Waals surface area contributed by atoms with Crippen LogP contribution in [0.2, 0.25) is 0 Å². The van der Waals surface area contributed by atoms with Gasteiger partial charge in [0.25, 0.3) is 0 Å². The summed E-state index contributed by atoms with van der Waals surface area (Å²) >= 11 is 0. The van der Waals surface area contributed by atoms with Crippen molar-refractivity contribution >= 4 is 11.9 Å². The van der Waals surface area contributed by atoms with Gasteiger partial charge >= 0.3 is 11.9 Å². The number of hydrogen-bond donors (Lipinski definition) is 1. The molecule has 0 heterocycles. The summed E-state index contributed by atoms with van der Waals surface area (Å²) in [6, 6.07) is 4.43. The van der Waals surface area contributed by atoms with Crippen molar-refractivity contribution < 1.29 is 28.9 Å². The maximum absolute atomic E-state index is 11.0. The molecule has 0 aliphatic carbocycles. The van der Waals surface area contributed by atoms with Gasteiger partial charge in [-0.2, -0.15) is 0 Å². The Morgan fingerprint density at radius 3 is 2.56 bits per heavy atom. The topological polar surface area (TPSA) is 82.1 Å². The van der Waals surface area contributed by atoms with Crippen LogP contribution in [-0.4, -0.2) is 37.9 Å². The highest BCUT2D eigenvalue weighted by atomic mass is 16.5. The van der Waals surface area contributed by atoms with Crippen molar-refractivity contribution in [1.82, 2.24) is 0 Å². The van der Waals surface area contributed by atoms with E-state index in [4.69, 9.17) is 14.6 Å². The minimum atomic E-state index is -1.12. The van der Waals surface area contributed by atoms with E-state index in [9.17, 15) is 9.59 Å². The summed E-state index contributed by atoms with van der Waals surface area (Å²) in [5.41, 5.74) is -0.0146. The van der Waals surface area contributed by atoms with E-state index in [-0.39, 0.29) is 24.3 Å². The van der Waals surface area contributed by atoms with Crippen molar-refractivity contribution in [3.8, 4) is 11.5 Å². The van der Waals surface area contributed by atoms with E-state index in [2.05, 4.69) is 4.74 Å². The minimum absolute atomic E-state index is 0.0146. The molecule has 0 amide bonds. The quantitative estimate of drug-likeness (QED) is 0.771. The first-order valence-corrected chi connectivity index (χ1v) is 5.19. The highest BCUT2D eigenvalue weighted by molar-refractivity contribution is 5.91. The van der Waals surface area contributed by atoms with E-state index < -0.39 is 11.9 Å². The van der Waals surface area contributed by atoms with Gasteiger partial charge in [0, 0.05) is 0 Å². The molecule has 0 saturated carbocycles. The number of carbonyl (C=O) groups excluding carboxylic acids is 1. The molecule has 0 fully saturated rings. The Kier molecular flexibility index (Phi) is 4.98. The molecule has 0 aliphatic heterocycles. The molecule has 0 spiro atoms. The molecule has 0 unspecified atom stereocenters. The van der Waals surface area contributed by atoms with Crippen LogP contribution in [0.3, 0.4) is 0 Å². The van der Waals surface area contributed by atoms with Gasteiger partial charge in [0.2, 0.25) is 0 Å². The predicted octanol–water partition coefficient (Wildman–Crippen LogP) is 1.34. The molecule has 18 heavy (non-hydrogen) atoms. The van der Waals surface area contributed by atoms with E-state index >= 15 is 0 Å². The third-order valence-corrected chi connectivity index (χ3v) is 2.21. The molecular formula is C12H14O6. The Bertz CT molecular complexity index is 440. The first-order chi connectivity index (χ1) is 8.58. The number of carboxylic acids is 1. The van der Waals surface area contributed by atoms with E-state index in [0.717, 1.165) is 0 Å². The molecule has 0 atom stereocenters. The second-order valence-electron chi connectivity index (χ2n) is 3.34. The smallest absolute Gasteiger partial charge is 0.339 e. The largest absolute Gasteiger partial charge is 0.497 e. The molecule has 6 nitrogen and oxygen atoms in total. The first-order valence-electron chi connectivity index (χ1n) is 5.19. The van der Waals surface area contributed by atoms with Gasteiger partial charge in [-0.3, -0.25) is 4.79 Å². The Morgan fingerprint density at radius 1 is 1.28 bits per heavy atom. The maximum atomic E-state index is 11.0. The molecule has 1 rings (SSSR count). The molecule has 0 radical (unpaired) electrons. The van der Waals surface area contributed by atoms with E-state index in [0.29, 0.717) is 5.75 Å². The third-order valence-electron chi connectivity index (χ3n) is 2.21. The molecular weight excluding hydrogens is 240 g/mol. The number of carboxylic acid groups (broad SMARTS) is 1. The third kappa shape index (κ3) is 3.65.